The fourth-order valence-electron chi connectivity index (χ4n) is 6.57. The predicted octanol–water partition coefficient (Wildman–Crippen LogP) is 4.21. The van der Waals surface area contributed by atoms with Crippen LogP contribution in [0.5, 0.6) is 0 Å². The van der Waals surface area contributed by atoms with Crippen LogP contribution in [-0.2, 0) is 44.0 Å². The quantitative estimate of drug-likeness (QED) is 0.399. The van der Waals surface area contributed by atoms with Crippen molar-refractivity contribution in [3.8, 4) is 5.69 Å². The largest absolute Gasteiger partial charge is 0.376 e. The topological polar surface area (TPSA) is 115 Å². The molecule has 2 fully saturated rings. The molecule has 13 heteroatoms. The number of benzene rings is 1. The third-order valence-corrected chi connectivity index (χ3v) is 12.2. The van der Waals surface area contributed by atoms with Gasteiger partial charge < -0.3 is 14.5 Å². The number of nitrogens with zero attached hydrogens (tertiary/aromatic N) is 6. The third kappa shape index (κ3) is 6.18. The van der Waals surface area contributed by atoms with Crippen molar-refractivity contribution in [2.45, 2.75) is 96.0 Å². The molecule has 2 aromatic heterocycles. The van der Waals surface area contributed by atoms with Crippen molar-refractivity contribution in [1.29, 1.82) is 0 Å². The minimum atomic E-state index is -1.52. The van der Waals surface area contributed by atoms with Gasteiger partial charge in [-0.15, -0.1) is 0 Å². The van der Waals surface area contributed by atoms with Gasteiger partial charge in [-0.3, -0.25) is 4.18 Å². The van der Waals surface area contributed by atoms with Gasteiger partial charge >= 0.3 is 0 Å². The molecular weight excluding hydrogens is 611 g/mol. The molecule has 6 rings (SSSR count). The van der Waals surface area contributed by atoms with Gasteiger partial charge in [0.25, 0.3) is 0 Å². The summed E-state index contributed by atoms with van der Waals surface area (Å²) in [6.07, 6.45) is 4.40. The third-order valence-electron chi connectivity index (χ3n) is 9.33. The Bertz CT molecular complexity index is 1620. The first-order valence-electron chi connectivity index (χ1n) is 15.9. The number of likely N-dealkylation sites (N-methyl/N-ethyl adjacent to an activating group) is 1. The minimum Gasteiger partial charge on any atom is -0.376 e. The lowest BCUT2D eigenvalue weighted by atomic mass is 9.73. The molecule has 0 radical (unpaired) electrons. The number of hydrogen-bond acceptors (Lipinski definition) is 9. The van der Waals surface area contributed by atoms with Gasteiger partial charge in [0.15, 0.2) is 22.5 Å². The molecule has 2 unspecified atom stereocenters. The van der Waals surface area contributed by atoms with Crippen molar-refractivity contribution >= 4 is 44.7 Å². The maximum absolute atomic E-state index is 13.1. The van der Waals surface area contributed by atoms with Gasteiger partial charge in [0, 0.05) is 43.3 Å². The lowest BCUT2D eigenvalue weighted by Gasteiger charge is -2.43. The van der Waals surface area contributed by atoms with Crippen LogP contribution >= 0.6 is 0 Å². The normalized spacial score (nSPS) is 23.2. The van der Waals surface area contributed by atoms with E-state index in [1.807, 2.05) is 46.2 Å². The molecule has 1 N–H and O–H groups in total. The summed E-state index contributed by atoms with van der Waals surface area (Å²) in [4.78, 5) is 14.7. The first kappa shape index (κ1) is 32.5. The van der Waals surface area contributed by atoms with Crippen LogP contribution < -0.4 is 14.5 Å². The van der Waals surface area contributed by atoms with E-state index in [9.17, 15) is 8.42 Å². The van der Waals surface area contributed by atoms with Gasteiger partial charge in [0.2, 0.25) is 0 Å². The molecule has 0 amide bonds. The molecule has 0 bridgehead atoms. The molecule has 3 aliphatic rings. The van der Waals surface area contributed by atoms with Gasteiger partial charge in [-0.2, -0.15) is 5.10 Å². The van der Waals surface area contributed by atoms with Crippen molar-refractivity contribution in [3.63, 3.8) is 0 Å². The Kier molecular flexibility index (Phi) is 8.64. The highest BCUT2D eigenvalue weighted by atomic mass is 32.2. The van der Waals surface area contributed by atoms with E-state index in [-0.39, 0.29) is 28.9 Å². The van der Waals surface area contributed by atoms with Crippen LogP contribution in [0.2, 0.25) is 0 Å². The highest BCUT2D eigenvalue weighted by molar-refractivity contribution is 7.84. The lowest BCUT2D eigenvalue weighted by molar-refractivity contribution is 0.0973. The van der Waals surface area contributed by atoms with Crippen molar-refractivity contribution in [2.75, 3.05) is 43.1 Å². The van der Waals surface area contributed by atoms with Crippen molar-refractivity contribution in [2.24, 2.45) is 5.41 Å². The molecule has 1 spiro atoms. The summed E-state index contributed by atoms with van der Waals surface area (Å²) < 4.78 is 42.5. The van der Waals surface area contributed by atoms with E-state index >= 15 is 0 Å². The SMILES string of the molecule is C[C@@H]1OCC2(CCN(c3nc4cnn(-c5cccc6c5CCN6C)c4nc3COS(=O)C(C)(C)C)CC2)[C@@H]1NS(=O)C(C)(C)C. The number of piperidine rings is 1. The zero-order chi connectivity index (χ0) is 32.3. The molecule has 3 aromatic rings. The van der Waals surface area contributed by atoms with Crippen LogP contribution in [0, 0.1) is 5.41 Å². The van der Waals surface area contributed by atoms with Crippen LogP contribution in [0.4, 0.5) is 11.5 Å². The smallest absolute Gasteiger partial charge is 0.182 e. The predicted molar refractivity (Wildman–Crippen MR) is 180 cm³/mol. The molecule has 11 nitrogen and oxygen atoms in total. The lowest BCUT2D eigenvalue weighted by Crippen LogP contribution is -2.55. The molecule has 0 aliphatic carbocycles. The first-order chi connectivity index (χ1) is 21.2. The van der Waals surface area contributed by atoms with E-state index in [4.69, 9.17) is 24.0 Å². The van der Waals surface area contributed by atoms with E-state index < -0.39 is 26.8 Å². The monoisotopic (exact) mass is 657 g/mol. The van der Waals surface area contributed by atoms with E-state index in [1.165, 1.54) is 11.3 Å². The average Bonchev–Trinajstić information content (AvgIpc) is 3.66. The fraction of sp³-hybridized carbons (Fsp3) is 0.656. The Balaban J connectivity index is 1.32. The second-order valence-electron chi connectivity index (χ2n) is 14.7. The van der Waals surface area contributed by atoms with Crippen LogP contribution in [-0.4, -0.2) is 83.1 Å². The van der Waals surface area contributed by atoms with E-state index in [0.717, 1.165) is 50.4 Å². The number of nitrogens with one attached hydrogen (secondary N) is 1. The van der Waals surface area contributed by atoms with Crippen LogP contribution in [0.3, 0.4) is 0 Å². The van der Waals surface area contributed by atoms with Crippen molar-refractivity contribution in [3.05, 3.63) is 35.7 Å². The number of fused-ring (bicyclic) bond motifs is 2. The fourth-order valence-corrected chi connectivity index (χ4v) is 8.17. The second kappa shape index (κ2) is 12.0. The molecule has 3 aliphatic heterocycles. The van der Waals surface area contributed by atoms with Gasteiger partial charge in [-0.25, -0.2) is 27.8 Å². The summed E-state index contributed by atoms with van der Waals surface area (Å²) in [5.74, 6) is 0.732. The number of aromatic nitrogens is 4. The average molecular weight is 658 g/mol. The molecule has 5 heterocycles. The summed E-state index contributed by atoms with van der Waals surface area (Å²) in [6, 6.07) is 6.27. The van der Waals surface area contributed by atoms with Crippen LogP contribution in [0.1, 0.15) is 72.6 Å². The molecule has 1 aromatic carbocycles. The zero-order valence-corrected chi connectivity index (χ0v) is 29.4. The zero-order valence-electron chi connectivity index (χ0n) is 27.8. The van der Waals surface area contributed by atoms with Gasteiger partial charge in [0.1, 0.15) is 17.8 Å². The standard InChI is InChI=1S/C32H47N7O4S2/c1-21-27(36-44(40)30(2,3)4)32(20-42-21)13-16-38(17-14-32)28-24(19-43-45(41)31(5,6)7)35-29-23(34-28)18-33-39(29)26-11-9-10-25-22(26)12-15-37(25)8/h9-11,18,21,27,36H,12-17,19-20H2,1-8H3/t21-,27+,44?,45?/m0/s1. The van der Waals surface area contributed by atoms with Gasteiger partial charge in [-0.1, -0.05) is 6.07 Å². The molecular formula is C32H47N7O4S2. The van der Waals surface area contributed by atoms with E-state index in [0.29, 0.717) is 23.5 Å². The second-order valence-corrected chi connectivity index (χ2v) is 18.6. The van der Waals surface area contributed by atoms with E-state index in [1.54, 1.807) is 6.20 Å². The summed E-state index contributed by atoms with van der Waals surface area (Å²) in [5.41, 5.74) is 5.33. The summed E-state index contributed by atoms with van der Waals surface area (Å²) in [6.45, 7) is 16.9. The number of hydrogen-bond donors (Lipinski definition) is 1. The van der Waals surface area contributed by atoms with Crippen LogP contribution in [0.25, 0.3) is 16.9 Å². The molecule has 246 valence electrons. The maximum atomic E-state index is 13.1. The number of anilines is 2. The number of ether oxygens (including phenoxy) is 1. The summed E-state index contributed by atoms with van der Waals surface area (Å²) >= 11 is -1.52. The highest BCUT2D eigenvalue weighted by Gasteiger charge is 2.51. The Hall–Kier alpha value is -2.45. The minimum absolute atomic E-state index is 0.00448. The Morgan fingerprint density at radius 1 is 1.04 bits per heavy atom. The van der Waals surface area contributed by atoms with Crippen molar-refractivity contribution in [1.82, 2.24) is 24.5 Å². The summed E-state index contributed by atoms with van der Waals surface area (Å²) in [7, 11) is 0.915. The van der Waals surface area contributed by atoms with E-state index in [2.05, 4.69) is 46.7 Å². The molecule has 2 saturated heterocycles. The Labute approximate surface area is 271 Å². The Morgan fingerprint density at radius 2 is 1.76 bits per heavy atom. The van der Waals surface area contributed by atoms with Crippen LogP contribution in [0.15, 0.2) is 24.4 Å². The maximum Gasteiger partial charge on any atom is 0.182 e. The first-order valence-corrected chi connectivity index (χ1v) is 18.1. The van der Waals surface area contributed by atoms with Gasteiger partial charge in [0.05, 0.1) is 51.1 Å². The Morgan fingerprint density at radius 3 is 2.44 bits per heavy atom. The molecule has 45 heavy (non-hydrogen) atoms. The molecule has 4 atom stereocenters. The summed E-state index contributed by atoms with van der Waals surface area (Å²) in [5, 5.41) is 4.75. The van der Waals surface area contributed by atoms with Crippen molar-refractivity contribution < 1.29 is 17.3 Å². The molecule has 0 saturated carbocycles. The number of rotatable bonds is 7. The highest BCUT2D eigenvalue weighted by Crippen LogP contribution is 2.44. The van der Waals surface area contributed by atoms with Gasteiger partial charge in [-0.05, 0) is 79.9 Å².